The first-order chi connectivity index (χ1) is 13.9. The second kappa shape index (κ2) is 8.39. The molecule has 0 amide bonds. The molecule has 1 heterocycles. The summed E-state index contributed by atoms with van der Waals surface area (Å²) in [4.78, 5) is 0.117. The van der Waals surface area contributed by atoms with Crippen LogP contribution in [0.15, 0.2) is 58.3 Å². The molecule has 0 spiro atoms. The maximum absolute atomic E-state index is 13.0. The summed E-state index contributed by atoms with van der Waals surface area (Å²) in [5.74, 6) is -0.656. The highest BCUT2D eigenvalue weighted by Crippen LogP contribution is 2.26. The average molecular weight is 473 g/mol. The van der Waals surface area contributed by atoms with Gasteiger partial charge in [0.05, 0.1) is 26.5 Å². The van der Waals surface area contributed by atoms with Crippen LogP contribution in [0.5, 0.6) is 0 Å². The van der Waals surface area contributed by atoms with Crippen LogP contribution in [0, 0.1) is 6.92 Å². The van der Waals surface area contributed by atoms with E-state index in [0.717, 1.165) is 11.1 Å². The predicted octanol–water partition coefficient (Wildman–Crippen LogP) is 0.414. The van der Waals surface area contributed by atoms with E-state index in [-0.39, 0.29) is 15.5 Å². The number of sulfonamides is 1. The molecule has 0 aromatic heterocycles. The number of sulfone groups is 2. The Hall–Kier alpha value is -1.79. The SMILES string of the molecule is Cc1ccc(S(=O)(=O)[C@H]2CS(=O)(=O)C[C@@H]2NCCc2ccc(S(N)(=O)=O)cc2)cc1. The predicted molar refractivity (Wildman–Crippen MR) is 114 cm³/mol. The molecule has 0 saturated carbocycles. The maximum atomic E-state index is 13.0. The Bertz CT molecular complexity index is 1220. The Morgan fingerprint density at radius 1 is 0.933 bits per heavy atom. The number of nitrogens with one attached hydrogen (secondary N) is 1. The lowest BCUT2D eigenvalue weighted by Crippen LogP contribution is -2.44. The first kappa shape index (κ1) is 22.9. The Labute approximate surface area is 177 Å². The van der Waals surface area contributed by atoms with E-state index >= 15 is 0 Å². The molecule has 2 aromatic rings. The largest absolute Gasteiger partial charge is 0.311 e. The van der Waals surface area contributed by atoms with Crippen molar-refractivity contribution in [3.63, 3.8) is 0 Å². The van der Waals surface area contributed by atoms with Gasteiger partial charge >= 0.3 is 0 Å². The van der Waals surface area contributed by atoms with E-state index in [1.165, 1.54) is 24.3 Å². The number of benzene rings is 2. The minimum Gasteiger partial charge on any atom is -0.311 e. The average Bonchev–Trinajstić information content (AvgIpc) is 2.97. The Morgan fingerprint density at radius 3 is 2.07 bits per heavy atom. The van der Waals surface area contributed by atoms with Crippen LogP contribution in [0.1, 0.15) is 11.1 Å². The third-order valence-corrected chi connectivity index (χ3v) is 10.2. The van der Waals surface area contributed by atoms with Crippen molar-refractivity contribution in [3.8, 4) is 0 Å². The monoisotopic (exact) mass is 472 g/mol. The van der Waals surface area contributed by atoms with Gasteiger partial charge in [-0.3, -0.25) is 0 Å². The summed E-state index contributed by atoms with van der Waals surface area (Å²) in [6, 6.07) is 11.7. The molecule has 0 radical (unpaired) electrons. The number of hydrogen-bond acceptors (Lipinski definition) is 7. The number of primary sulfonamides is 1. The van der Waals surface area contributed by atoms with Crippen molar-refractivity contribution >= 4 is 29.7 Å². The minimum atomic E-state index is -3.81. The zero-order chi connectivity index (χ0) is 22.2. The third-order valence-electron chi connectivity index (χ3n) is 5.12. The van der Waals surface area contributed by atoms with Crippen LogP contribution in [-0.2, 0) is 36.1 Å². The molecule has 0 unspecified atom stereocenters. The molecule has 3 N–H and O–H groups in total. The van der Waals surface area contributed by atoms with Crippen molar-refractivity contribution in [2.24, 2.45) is 5.14 Å². The van der Waals surface area contributed by atoms with Crippen LogP contribution in [0.4, 0.5) is 0 Å². The van der Waals surface area contributed by atoms with E-state index < -0.39 is 46.7 Å². The van der Waals surface area contributed by atoms with Gasteiger partial charge in [-0.15, -0.1) is 0 Å². The van der Waals surface area contributed by atoms with Gasteiger partial charge in [0.2, 0.25) is 10.0 Å². The summed E-state index contributed by atoms with van der Waals surface area (Å²) >= 11 is 0. The molecule has 3 rings (SSSR count). The lowest BCUT2D eigenvalue weighted by atomic mass is 10.1. The summed E-state index contributed by atoms with van der Waals surface area (Å²) in [7, 11) is -11.1. The van der Waals surface area contributed by atoms with Gasteiger partial charge in [0, 0.05) is 6.04 Å². The van der Waals surface area contributed by atoms with Crippen molar-refractivity contribution in [2.75, 3.05) is 18.1 Å². The lowest BCUT2D eigenvalue weighted by Gasteiger charge is -2.20. The third kappa shape index (κ3) is 5.27. The molecule has 0 aliphatic carbocycles. The Kier molecular flexibility index (Phi) is 6.40. The molecular weight excluding hydrogens is 448 g/mol. The molecule has 2 aromatic carbocycles. The molecule has 1 saturated heterocycles. The van der Waals surface area contributed by atoms with Crippen LogP contribution in [0.2, 0.25) is 0 Å². The van der Waals surface area contributed by atoms with Crippen molar-refractivity contribution in [1.82, 2.24) is 5.32 Å². The molecule has 1 aliphatic heterocycles. The van der Waals surface area contributed by atoms with Gasteiger partial charge < -0.3 is 5.32 Å². The molecule has 1 aliphatic rings. The van der Waals surface area contributed by atoms with E-state index in [4.69, 9.17) is 5.14 Å². The fraction of sp³-hybridized carbons (Fsp3) is 0.368. The number of nitrogens with two attached hydrogens (primary N) is 1. The van der Waals surface area contributed by atoms with Crippen LogP contribution >= 0.6 is 0 Å². The van der Waals surface area contributed by atoms with Gasteiger partial charge in [0.15, 0.2) is 19.7 Å². The number of hydrogen-bond donors (Lipinski definition) is 2. The Morgan fingerprint density at radius 2 is 1.50 bits per heavy atom. The lowest BCUT2D eigenvalue weighted by molar-refractivity contribution is 0.528. The summed E-state index contributed by atoms with van der Waals surface area (Å²) in [6.07, 6.45) is 0.471. The zero-order valence-electron chi connectivity index (χ0n) is 16.4. The summed E-state index contributed by atoms with van der Waals surface area (Å²) < 4.78 is 73.0. The summed E-state index contributed by atoms with van der Waals surface area (Å²) in [5.41, 5.74) is 1.73. The summed E-state index contributed by atoms with van der Waals surface area (Å²) in [6.45, 7) is 2.19. The molecule has 8 nitrogen and oxygen atoms in total. The van der Waals surface area contributed by atoms with Crippen LogP contribution in [-0.4, -0.2) is 54.6 Å². The number of aryl methyl sites for hydroxylation is 1. The molecule has 2 atom stereocenters. The van der Waals surface area contributed by atoms with Crippen LogP contribution in [0.25, 0.3) is 0 Å². The van der Waals surface area contributed by atoms with Gasteiger partial charge in [0.25, 0.3) is 0 Å². The van der Waals surface area contributed by atoms with Gasteiger partial charge in [-0.25, -0.2) is 30.4 Å². The highest BCUT2D eigenvalue weighted by atomic mass is 32.2. The molecule has 30 heavy (non-hydrogen) atoms. The first-order valence-corrected chi connectivity index (χ1v) is 14.2. The molecule has 0 bridgehead atoms. The van der Waals surface area contributed by atoms with Crippen molar-refractivity contribution in [1.29, 1.82) is 0 Å². The fourth-order valence-electron chi connectivity index (χ4n) is 3.46. The van der Waals surface area contributed by atoms with Gasteiger partial charge in [-0.1, -0.05) is 29.8 Å². The molecule has 1 fully saturated rings. The van der Waals surface area contributed by atoms with Gasteiger partial charge in [-0.05, 0) is 49.7 Å². The second-order valence-corrected chi connectivity index (χ2v) is 13.4. The van der Waals surface area contributed by atoms with E-state index in [1.807, 2.05) is 6.92 Å². The van der Waals surface area contributed by atoms with E-state index in [0.29, 0.717) is 13.0 Å². The van der Waals surface area contributed by atoms with Crippen molar-refractivity contribution in [2.45, 2.75) is 34.4 Å². The first-order valence-electron chi connectivity index (χ1n) is 9.25. The normalized spacial score (nSPS) is 21.5. The van der Waals surface area contributed by atoms with Gasteiger partial charge in [0.1, 0.15) is 0 Å². The fourth-order valence-corrected chi connectivity index (χ4v) is 8.69. The zero-order valence-corrected chi connectivity index (χ0v) is 18.8. The highest BCUT2D eigenvalue weighted by Gasteiger charge is 2.45. The van der Waals surface area contributed by atoms with Crippen LogP contribution < -0.4 is 10.5 Å². The highest BCUT2D eigenvalue weighted by molar-refractivity contribution is 7.96. The van der Waals surface area contributed by atoms with E-state index in [9.17, 15) is 25.3 Å². The quantitative estimate of drug-likeness (QED) is 0.595. The van der Waals surface area contributed by atoms with E-state index in [2.05, 4.69) is 5.32 Å². The van der Waals surface area contributed by atoms with Gasteiger partial charge in [-0.2, -0.15) is 0 Å². The topological polar surface area (TPSA) is 140 Å². The second-order valence-electron chi connectivity index (χ2n) is 7.47. The molecule has 164 valence electrons. The summed E-state index contributed by atoms with van der Waals surface area (Å²) in [5, 5.41) is 7.08. The van der Waals surface area contributed by atoms with Crippen LogP contribution in [0.3, 0.4) is 0 Å². The minimum absolute atomic E-state index is 0.00495. The van der Waals surface area contributed by atoms with Crippen molar-refractivity contribution in [3.05, 3.63) is 59.7 Å². The van der Waals surface area contributed by atoms with Crippen molar-refractivity contribution < 1.29 is 25.3 Å². The molecule has 11 heteroatoms. The smallest absolute Gasteiger partial charge is 0.238 e. The number of rotatable bonds is 7. The van der Waals surface area contributed by atoms with E-state index in [1.54, 1.807) is 24.3 Å². The Balaban J connectivity index is 1.71. The standard InChI is InChI=1S/C19H24N2O6S3/c1-14-2-6-16(7-3-14)29(24,25)19-13-28(22,23)12-18(19)21-11-10-15-4-8-17(9-5-15)30(20,26)27/h2-9,18-19,21H,10-13H2,1H3,(H2,20,26,27)/t18-,19-/m0/s1. The molecular formula is C19H24N2O6S3. The maximum Gasteiger partial charge on any atom is 0.238 e.